The Hall–Kier alpha value is -0.000000000000000111. The molecule has 1 N–H and O–H groups in total. The number of carbonyl (C=O) groups excluding carboxylic acids is 1. The van der Waals surface area contributed by atoms with Gasteiger partial charge in [-0.3, -0.25) is 4.79 Å². The highest BCUT2D eigenvalue weighted by atomic mass is 79.9. The zero-order chi connectivity index (χ0) is 14.4. The lowest BCUT2D eigenvalue weighted by Gasteiger charge is -2.15. The highest BCUT2D eigenvalue weighted by molar-refractivity contribution is 9.09. The van der Waals surface area contributed by atoms with Gasteiger partial charge in [0.2, 0.25) is 0 Å². The van der Waals surface area contributed by atoms with Gasteiger partial charge in [0, 0.05) is 22.5 Å². The van der Waals surface area contributed by atoms with Crippen molar-refractivity contribution in [1.29, 1.82) is 0 Å². The molecule has 0 saturated heterocycles. The first-order valence-corrected chi connectivity index (χ1v) is 10.4. The molecule has 112 valence electrons. The fraction of sp³-hybridized carbons (Fsp3) is 0.667. The number of hydrogen-bond acceptors (Lipinski definition) is 3. The van der Waals surface area contributed by atoms with Crippen molar-refractivity contribution in [3.8, 4) is 0 Å². The Morgan fingerprint density at radius 1 is 1.50 bits per heavy atom. The first-order valence-electron chi connectivity index (χ1n) is 7.28. The highest BCUT2D eigenvalue weighted by Gasteiger charge is 2.18. The molecule has 1 unspecified atom stereocenters. The molecule has 1 aliphatic heterocycles. The van der Waals surface area contributed by atoms with Gasteiger partial charge in [0.1, 0.15) is 0 Å². The van der Waals surface area contributed by atoms with Crippen LogP contribution in [0.25, 0.3) is 0 Å². The van der Waals surface area contributed by atoms with Crippen LogP contribution in [0.4, 0.5) is 0 Å². The molecule has 0 radical (unpaired) electrons. The largest absolute Gasteiger partial charge is 0.351 e. The summed E-state index contributed by atoms with van der Waals surface area (Å²) >= 11 is 7.15. The quantitative estimate of drug-likeness (QED) is 0.712. The van der Waals surface area contributed by atoms with Crippen LogP contribution in [0.5, 0.6) is 0 Å². The van der Waals surface area contributed by atoms with E-state index in [2.05, 4.69) is 34.2 Å². The van der Waals surface area contributed by atoms with E-state index in [0.29, 0.717) is 5.92 Å². The smallest absolute Gasteiger partial charge is 0.261 e. The molecule has 1 aliphatic rings. The zero-order valence-corrected chi connectivity index (χ0v) is 15.1. The first-order chi connectivity index (χ1) is 9.74. The van der Waals surface area contributed by atoms with E-state index in [4.69, 9.17) is 0 Å². The van der Waals surface area contributed by atoms with Gasteiger partial charge in [-0.1, -0.05) is 29.3 Å². The van der Waals surface area contributed by atoms with Crippen molar-refractivity contribution < 1.29 is 4.79 Å². The zero-order valence-electron chi connectivity index (χ0n) is 11.9. The summed E-state index contributed by atoms with van der Waals surface area (Å²) < 4.78 is 0. The van der Waals surface area contributed by atoms with Crippen molar-refractivity contribution in [3.63, 3.8) is 0 Å². The molecular formula is C15H22BrNOS2. The Morgan fingerprint density at radius 2 is 2.35 bits per heavy atom. The molecule has 0 saturated carbocycles. The number of alkyl halides is 1. The van der Waals surface area contributed by atoms with Gasteiger partial charge >= 0.3 is 0 Å². The Bertz CT molecular complexity index is 418. The van der Waals surface area contributed by atoms with Crippen LogP contribution in [0.15, 0.2) is 6.07 Å². The molecule has 2 heterocycles. The SMILES string of the molecule is CCCC(CCBr)CNC(=O)c1cc2c(s1)CCSC2. The van der Waals surface area contributed by atoms with Crippen LogP contribution in [0.2, 0.25) is 0 Å². The van der Waals surface area contributed by atoms with Crippen molar-refractivity contribution in [2.24, 2.45) is 5.92 Å². The monoisotopic (exact) mass is 375 g/mol. The molecule has 5 heteroatoms. The molecule has 1 atom stereocenters. The summed E-state index contributed by atoms with van der Waals surface area (Å²) in [6, 6.07) is 2.10. The predicted octanol–water partition coefficient (Wildman–Crippen LogP) is 4.47. The molecule has 2 rings (SSSR count). The van der Waals surface area contributed by atoms with Crippen LogP contribution in [-0.2, 0) is 12.2 Å². The van der Waals surface area contributed by atoms with Crippen molar-refractivity contribution in [1.82, 2.24) is 5.32 Å². The van der Waals surface area contributed by atoms with E-state index in [-0.39, 0.29) is 5.91 Å². The number of fused-ring (bicyclic) bond motifs is 1. The lowest BCUT2D eigenvalue weighted by Crippen LogP contribution is -2.29. The average molecular weight is 376 g/mol. The third-order valence-corrected chi connectivity index (χ3v) is 6.32. The van der Waals surface area contributed by atoms with Gasteiger partial charge in [-0.2, -0.15) is 11.8 Å². The van der Waals surface area contributed by atoms with Gasteiger partial charge in [-0.15, -0.1) is 11.3 Å². The number of halogens is 1. The fourth-order valence-electron chi connectivity index (χ4n) is 2.49. The maximum atomic E-state index is 12.3. The van der Waals surface area contributed by atoms with E-state index in [1.807, 2.05) is 11.8 Å². The van der Waals surface area contributed by atoms with Crippen molar-refractivity contribution >= 4 is 44.9 Å². The van der Waals surface area contributed by atoms with Crippen molar-refractivity contribution in [2.45, 2.75) is 38.4 Å². The number of amides is 1. The minimum Gasteiger partial charge on any atom is -0.351 e. The van der Waals surface area contributed by atoms with E-state index < -0.39 is 0 Å². The second-order valence-corrected chi connectivity index (χ2v) is 8.24. The van der Waals surface area contributed by atoms with E-state index in [9.17, 15) is 4.79 Å². The molecule has 0 fully saturated rings. The van der Waals surface area contributed by atoms with Crippen LogP contribution < -0.4 is 5.32 Å². The second-order valence-electron chi connectivity index (χ2n) is 5.20. The lowest BCUT2D eigenvalue weighted by atomic mass is 10.0. The molecule has 2 nitrogen and oxygen atoms in total. The maximum absolute atomic E-state index is 12.3. The van der Waals surface area contributed by atoms with Crippen molar-refractivity contribution in [2.75, 3.05) is 17.6 Å². The average Bonchev–Trinajstić information content (AvgIpc) is 2.89. The predicted molar refractivity (Wildman–Crippen MR) is 93.3 cm³/mol. The van der Waals surface area contributed by atoms with Crippen molar-refractivity contribution in [3.05, 3.63) is 21.4 Å². The summed E-state index contributed by atoms with van der Waals surface area (Å²) in [7, 11) is 0. The second kappa shape index (κ2) is 8.44. The minimum atomic E-state index is 0.116. The molecule has 1 aromatic heterocycles. The molecule has 1 aromatic rings. The number of aryl methyl sites for hydroxylation is 1. The van der Waals surface area contributed by atoms with Crippen LogP contribution in [0.3, 0.4) is 0 Å². The van der Waals surface area contributed by atoms with Gasteiger partial charge in [-0.25, -0.2) is 0 Å². The lowest BCUT2D eigenvalue weighted by molar-refractivity contribution is 0.0950. The molecule has 0 aliphatic carbocycles. The summed E-state index contributed by atoms with van der Waals surface area (Å²) in [5.74, 6) is 2.97. The highest BCUT2D eigenvalue weighted by Crippen LogP contribution is 2.31. The van der Waals surface area contributed by atoms with Gasteiger partial charge in [-0.05, 0) is 42.6 Å². The summed E-state index contributed by atoms with van der Waals surface area (Å²) in [5, 5.41) is 4.13. The first kappa shape index (κ1) is 16.4. The van der Waals surface area contributed by atoms with Gasteiger partial charge in [0.15, 0.2) is 0 Å². The Morgan fingerprint density at radius 3 is 3.05 bits per heavy atom. The number of thiophene rings is 1. The summed E-state index contributed by atoms with van der Waals surface area (Å²) in [6.45, 7) is 3.00. The van der Waals surface area contributed by atoms with Gasteiger partial charge in [0.25, 0.3) is 5.91 Å². The molecule has 20 heavy (non-hydrogen) atoms. The van der Waals surface area contributed by atoms with Crippen LogP contribution >= 0.6 is 39.0 Å². The van der Waals surface area contributed by atoms with Crippen LogP contribution in [-0.4, -0.2) is 23.5 Å². The van der Waals surface area contributed by atoms with E-state index in [0.717, 1.165) is 35.3 Å². The number of hydrogen-bond donors (Lipinski definition) is 1. The molecule has 0 spiro atoms. The maximum Gasteiger partial charge on any atom is 0.261 e. The van der Waals surface area contributed by atoms with Crippen LogP contribution in [0, 0.1) is 5.92 Å². The number of nitrogens with one attached hydrogen (secondary N) is 1. The Kier molecular flexibility index (Phi) is 6.91. The van der Waals surface area contributed by atoms with E-state index in [1.54, 1.807) is 11.3 Å². The topological polar surface area (TPSA) is 29.1 Å². The number of carbonyl (C=O) groups is 1. The Balaban J connectivity index is 1.89. The van der Waals surface area contributed by atoms with E-state index >= 15 is 0 Å². The molecule has 0 bridgehead atoms. The number of thioether (sulfide) groups is 1. The van der Waals surface area contributed by atoms with E-state index in [1.165, 1.54) is 29.0 Å². The normalized spacial score (nSPS) is 15.7. The summed E-state index contributed by atoms with van der Waals surface area (Å²) in [5.41, 5.74) is 1.38. The minimum absolute atomic E-state index is 0.116. The summed E-state index contributed by atoms with van der Waals surface area (Å²) in [6.07, 6.45) is 4.62. The summed E-state index contributed by atoms with van der Waals surface area (Å²) in [4.78, 5) is 14.6. The fourth-order valence-corrected chi connectivity index (χ4v) is 5.43. The Labute approximate surface area is 138 Å². The van der Waals surface area contributed by atoms with Gasteiger partial charge < -0.3 is 5.32 Å². The van der Waals surface area contributed by atoms with Crippen LogP contribution in [0.1, 0.15) is 46.3 Å². The van der Waals surface area contributed by atoms with Gasteiger partial charge in [0.05, 0.1) is 4.88 Å². The molecule has 1 amide bonds. The molecule has 0 aromatic carbocycles. The standard InChI is InChI=1S/C15H22BrNOS2/c1-2-3-11(4-6-16)9-17-15(18)14-8-12-10-19-7-5-13(12)20-14/h8,11H,2-7,9-10H2,1H3,(H,17,18). The number of rotatable bonds is 7. The third-order valence-electron chi connectivity index (χ3n) is 3.62. The third kappa shape index (κ3) is 4.50. The molecular weight excluding hydrogens is 354 g/mol.